The molecule has 3 aliphatic rings. The van der Waals surface area contributed by atoms with Gasteiger partial charge in [0.15, 0.2) is 0 Å². The number of aliphatic hydroxyl groups is 1. The minimum atomic E-state index is -1.52. The van der Waals surface area contributed by atoms with E-state index in [1.807, 2.05) is 0 Å². The normalized spacial score (nSPS) is 28.7. The van der Waals surface area contributed by atoms with Gasteiger partial charge in [-0.25, -0.2) is 4.79 Å². The standard InChI is InChI=1S/C18H23BN2O8/c22-8-3-13(20-5-8)17(24)21-6-9(7-21)29-14-2-1-10(11-4-12(11)19(27)28)16(23)15(14)18(25)26/h1-2,8-9,11-13,20,22-23,27-28H,3-7H2,(H,25,26)/t8-,11-,12-,13+/m1/s1. The number of likely N-dealkylation sites (tertiary alicyclic amines) is 1. The van der Waals surface area contributed by atoms with Crippen molar-refractivity contribution in [3.05, 3.63) is 23.3 Å². The number of rotatable bonds is 6. The van der Waals surface area contributed by atoms with Gasteiger partial charge in [-0.15, -0.1) is 0 Å². The van der Waals surface area contributed by atoms with Gasteiger partial charge in [0.25, 0.3) is 0 Å². The van der Waals surface area contributed by atoms with Gasteiger partial charge in [0, 0.05) is 12.4 Å². The average molecular weight is 406 g/mol. The van der Waals surface area contributed by atoms with E-state index in [1.54, 1.807) is 4.90 Å². The molecule has 1 aromatic carbocycles. The Labute approximate surface area is 166 Å². The number of nitrogens with one attached hydrogen (secondary N) is 1. The molecule has 0 spiro atoms. The number of aromatic carboxylic acids is 1. The number of carboxylic acids is 1. The Balaban J connectivity index is 1.41. The van der Waals surface area contributed by atoms with Crippen LogP contribution in [-0.4, -0.2) is 87.1 Å². The summed E-state index contributed by atoms with van der Waals surface area (Å²) in [7, 11) is -1.52. The molecule has 0 bridgehead atoms. The molecule has 0 aromatic heterocycles. The van der Waals surface area contributed by atoms with Gasteiger partial charge in [0.2, 0.25) is 5.91 Å². The van der Waals surface area contributed by atoms with Crippen LogP contribution in [0.1, 0.15) is 34.7 Å². The maximum absolute atomic E-state index is 12.3. The average Bonchev–Trinajstić information content (AvgIpc) is 3.30. The van der Waals surface area contributed by atoms with E-state index in [1.165, 1.54) is 12.1 Å². The van der Waals surface area contributed by atoms with Crippen molar-refractivity contribution in [3.8, 4) is 11.5 Å². The smallest absolute Gasteiger partial charge is 0.455 e. The van der Waals surface area contributed by atoms with Gasteiger partial charge >= 0.3 is 13.1 Å². The Morgan fingerprint density at radius 1 is 1.21 bits per heavy atom. The number of carbonyl (C=O) groups is 2. The molecule has 4 rings (SSSR count). The first-order valence-corrected chi connectivity index (χ1v) is 9.58. The molecule has 6 N–H and O–H groups in total. The Hall–Kier alpha value is -2.34. The van der Waals surface area contributed by atoms with Gasteiger partial charge in [0.05, 0.1) is 25.2 Å². The van der Waals surface area contributed by atoms with Crippen LogP contribution in [0.3, 0.4) is 0 Å². The molecule has 11 heteroatoms. The predicted molar refractivity (Wildman–Crippen MR) is 99.8 cm³/mol. The Bertz CT molecular complexity index is 828. The quantitative estimate of drug-likeness (QED) is 0.317. The van der Waals surface area contributed by atoms with Gasteiger partial charge in [0.1, 0.15) is 23.2 Å². The van der Waals surface area contributed by atoms with Crippen LogP contribution >= 0.6 is 0 Å². The fourth-order valence-corrected chi connectivity index (χ4v) is 4.09. The topological polar surface area (TPSA) is 160 Å². The molecule has 29 heavy (non-hydrogen) atoms. The maximum atomic E-state index is 12.3. The molecule has 1 saturated carbocycles. The number of β-amino-alcohol motifs (C(OH)–C–C–N with tert-alkyl or cyclic N) is 1. The first-order chi connectivity index (χ1) is 13.8. The van der Waals surface area contributed by atoms with Gasteiger partial charge in [-0.1, -0.05) is 6.07 Å². The van der Waals surface area contributed by atoms with Crippen LogP contribution in [-0.2, 0) is 4.79 Å². The summed E-state index contributed by atoms with van der Waals surface area (Å²) in [5.41, 5.74) is -0.0185. The fourth-order valence-electron chi connectivity index (χ4n) is 4.09. The number of aromatic hydroxyl groups is 1. The van der Waals surface area contributed by atoms with E-state index in [4.69, 9.17) is 4.74 Å². The molecule has 1 aliphatic carbocycles. The second-order valence-electron chi connectivity index (χ2n) is 7.93. The lowest BCUT2D eigenvalue weighted by molar-refractivity contribution is -0.142. The molecule has 2 heterocycles. The highest BCUT2D eigenvalue weighted by Gasteiger charge is 2.48. The maximum Gasteiger partial charge on any atom is 0.455 e. The summed E-state index contributed by atoms with van der Waals surface area (Å²) in [6, 6.07) is 2.57. The zero-order valence-corrected chi connectivity index (χ0v) is 15.6. The SMILES string of the molecule is O=C(O)c1c(OC2CN(C(=O)[C@@H]3C[C@@H](O)CN3)C2)ccc([C@H]2C[C@H]2B(O)O)c1O. The number of carbonyl (C=O) groups excluding carboxylic acids is 1. The van der Waals surface area contributed by atoms with E-state index in [0.29, 0.717) is 24.9 Å². The Morgan fingerprint density at radius 2 is 1.93 bits per heavy atom. The lowest BCUT2D eigenvalue weighted by Crippen LogP contribution is -2.59. The van der Waals surface area contributed by atoms with Crippen molar-refractivity contribution >= 4 is 19.0 Å². The van der Waals surface area contributed by atoms with Crippen LogP contribution < -0.4 is 10.1 Å². The first-order valence-electron chi connectivity index (χ1n) is 9.58. The van der Waals surface area contributed by atoms with Gasteiger partial charge in [-0.2, -0.15) is 0 Å². The van der Waals surface area contributed by atoms with E-state index >= 15 is 0 Å². The fraction of sp³-hybridized carbons (Fsp3) is 0.556. The van der Waals surface area contributed by atoms with Crippen molar-refractivity contribution in [2.45, 2.75) is 42.8 Å². The Morgan fingerprint density at radius 3 is 2.48 bits per heavy atom. The molecule has 2 saturated heterocycles. The minimum absolute atomic E-state index is 0.00649. The highest BCUT2D eigenvalue weighted by Crippen LogP contribution is 2.56. The van der Waals surface area contributed by atoms with Crippen LogP contribution in [0.2, 0.25) is 5.82 Å². The number of amides is 1. The highest BCUT2D eigenvalue weighted by atomic mass is 16.5. The molecule has 1 amide bonds. The minimum Gasteiger partial charge on any atom is -0.507 e. The number of hydrogen-bond acceptors (Lipinski definition) is 8. The number of phenols is 1. The first kappa shape index (κ1) is 20.0. The molecule has 4 atom stereocenters. The zero-order chi connectivity index (χ0) is 20.9. The van der Waals surface area contributed by atoms with Gasteiger partial charge in [-0.3, -0.25) is 4.79 Å². The number of nitrogens with zero attached hydrogens (tertiary/aromatic N) is 1. The number of aliphatic hydroxyl groups excluding tert-OH is 1. The summed E-state index contributed by atoms with van der Waals surface area (Å²) in [5, 5.41) is 51.0. The number of ether oxygens (including phenoxy) is 1. The Kier molecular flexibility index (Phi) is 5.15. The summed E-state index contributed by atoms with van der Waals surface area (Å²) in [6.07, 6.45) is -0.116. The molecule has 1 aromatic rings. The van der Waals surface area contributed by atoms with Crippen molar-refractivity contribution < 1.29 is 39.7 Å². The number of carboxylic acid groups (broad SMARTS) is 1. The van der Waals surface area contributed by atoms with Crippen molar-refractivity contribution in [3.63, 3.8) is 0 Å². The van der Waals surface area contributed by atoms with E-state index in [9.17, 15) is 35.0 Å². The molecule has 3 fully saturated rings. The van der Waals surface area contributed by atoms with E-state index in [2.05, 4.69) is 5.32 Å². The monoisotopic (exact) mass is 406 g/mol. The third kappa shape index (κ3) is 3.78. The lowest BCUT2D eigenvalue weighted by Gasteiger charge is -2.40. The van der Waals surface area contributed by atoms with Crippen LogP contribution in [0.4, 0.5) is 0 Å². The van der Waals surface area contributed by atoms with Crippen LogP contribution in [0.5, 0.6) is 11.5 Å². The molecule has 0 radical (unpaired) electrons. The largest absolute Gasteiger partial charge is 0.507 e. The summed E-state index contributed by atoms with van der Waals surface area (Å²) >= 11 is 0. The second-order valence-corrected chi connectivity index (χ2v) is 7.93. The highest BCUT2D eigenvalue weighted by molar-refractivity contribution is 6.44. The molecular weight excluding hydrogens is 383 g/mol. The van der Waals surface area contributed by atoms with Gasteiger partial charge < -0.3 is 40.3 Å². The summed E-state index contributed by atoms with van der Waals surface area (Å²) < 4.78 is 5.71. The summed E-state index contributed by atoms with van der Waals surface area (Å²) in [6.45, 7) is 0.957. The van der Waals surface area contributed by atoms with Crippen LogP contribution in [0.15, 0.2) is 12.1 Å². The summed E-state index contributed by atoms with van der Waals surface area (Å²) in [5.74, 6) is -2.64. The zero-order valence-electron chi connectivity index (χ0n) is 15.6. The third-order valence-corrected chi connectivity index (χ3v) is 5.87. The third-order valence-electron chi connectivity index (χ3n) is 5.87. The molecule has 2 aliphatic heterocycles. The van der Waals surface area contributed by atoms with E-state index in [-0.39, 0.29) is 36.2 Å². The van der Waals surface area contributed by atoms with E-state index in [0.717, 1.165) is 0 Å². The molecular formula is C18H23BN2O8. The number of benzene rings is 1. The van der Waals surface area contributed by atoms with Crippen LogP contribution in [0, 0.1) is 0 Å². The van der Waals surface area contributed by atoms with Crippen molar-refractivity contribution in [2.75, 3.05) is 19.6 Å². The van der Waals surface area contributed by atoms with Crippen molar-refractivity contribution in [2.24, 2.45) is 0 Å². The molecule has 156 valence electrons. The second kappa shape index (κ2) is 7.49. The molecule has 0 unspecified atom stereocenters. The molecule has 10 nitrogen and oxygen atoms in total. The van der Waals surface area contributed by atoms with Gasteiger partial charge in [-0.05, 0) is 30.4 Å². The lowest BCUT2D eigenvalue weighted by atomic mass is 9.81. The van der Waals surface area contributed by atoms with Crippen LogP contribution in [0.25, 0.3) is 0 Å². The predicted octanol–water partition coefficient (Wildman–Crippen LogP) is -1.27. The summed E-state index contributed by atoms with van der Waals surface area (Å²) in [4.78, 5) is 25.6. The van der Waals surface area contributed by atoms with E-state index < -0.39 is 42.9 Å². The van der Waals surface area contributed by atoms with Crippen molar-refractivity contribution in [1.29, 1.82) is 0 Å². The number of hydrogen-bond donors (Lipinski definition) is 6. The van der Waals surface area contributed by atoms with Crippen molar-refractivity contribution in [1.82, 2.24) is 10.2 Å².